The number of hydrogen-bond acceptors (Lipinski definition) is 9. The molecule has 5 aromatic heterocycles. The zero-order chi connectivity index (χ0) is 43.4. The van der Waals surface area contributed by atoms with Crippen LogP contribution >= 0.6 is 0 Å². The average Bonchev–Trinajstić information content (AvgIpc) is 3.84. The zero-order valence-electron chi connectivity index (χ0n) is 32.4. The Morgan fingerprint density at radius 3 is 1.56 bits per heavy atom. The summed E-state index contributed by atoms with van der Waals surface area (Å²) >= 11 is 0. The van der Waals surface area contributed by atoms with Crippen LogP contribution in [0.15, 0.2) is 107 Å². The zero-order valence-corrected chi connectivity index (χ0v) is 32.4. The van der Waals surface area contributed by atoms with Crippen molar-refractivity contribution >= 4 is 46.1 Å². The molecule has 0 spiro atoms. The summed E-state index contributed by atoms with van der Waals surface area (Å²) in [6.07, 6.45) is 2.75. The molecule has 17 heteroatoms. The number of anilines is 2. The van der Waals surface area contributed by atoms with Crippen LogP contribution in [0.4, 0.5) is 23.0 Å². The maximum Gasteiger partial charge on any atom is 0.298 e. The lowest BCUT2D eigenvalue weighted by Gasteiger charge is -2.10. The Labute approximate surface area is 352 Å². The smallest absolute Gasteiger partial charge is 0.298 e. The van der Waals surface area contributed by atoms with Crippen LogP contribution in [-0.2, 0) is 0 Å². The van der Waals surface area contributed by atoms with E-state index in [9.17, 15) is 29.7 Å². The first-order chi connectivity index (χ1) is 29.5. The minimum absolute atomic E-state index is 0. The molecular formula is C45H33N13O4. The summed E-state index contributed by atoms with van der Waals surface area (Å²) in [6.45, 7) is 19.9. The van der Waals surface area contributed by atoms with E-state index in [2.05, 4.69) is 45.5 Å². The summed E-state index contributed by atoms with van der Waals surface area (Å²) in [4.78, 5) is 71.1. The van der Waals surface area contributed by atoms with Crippen molar-refractivity contribution in [1.82, 2.24) is 34.2 Å². The number of rotatable bonds is 6. The van der Waals surface area contributed by atoms with E-state index in [-0.39, 0.29) is 52.7 Å². The van der Waals surface area contributed by atoms with Crippen LogP contribution in [0.1, 0.15) is 56.2 Å². The minimum Gasteiger partial charge on any atom is -0.359 e. The number of benzene rings is 3. The third-order valence-corrected chi connectivity index (χ3v) is 9.38. The number of aryl methyl sites for hydroxylation is 3. The molecule has 2 amide bonds. The van der Waals surface area contributed by atoms with Gasteiger partial charge in [-0.25, -0.2) is 9.03 Å². The highest BCUT2D eigenvalue weighted by molar-refractivity contribution is 6.07. The Bertz CT molecular complexity index is 3370. The topological polar surface area (TPSA) is 228 Å². The Balaban J connectivity index is 0.000000204. The molecule has 0 saturated heterocycles. The van der Waals surface area contributed by atoms with Crippen molar-refractivity contribution in [3.8, 4) is 34.7 Å². The first-order valence-electron chi connectivity index (χ1n) is 18.1. The van der Waals surface area contributed by atoms with Gasteiger partial charge < -0.3 is 20.3 Å². The predicted molar refractivity (Wildman–Crippen MR) is 232 cm³/mol. The van der Waals surface area contributed by atoms with E-state index in [1.54, 1.807) is 44.2 Å². The second-order valence-electron chi connectivity index (χ2n) is 13.3. The predicted octanol–water partition coefficient (Wildman–Crippen LogP) is 7.69. The van der Waals surface area contributed by atoms with E-state index < -0.39 is 22.7 Å². The number of nitriles is 2. The molecule has 0 saturated carbocycles. The molecule has 17 nitrogen and oxygen atoms in total. The van der Waals surface area contributed by atoms with Gasteiger partial charge in [0.15, 0.2) is 0 Å². The molecule has 0 aliphatic carbocycles. The summed E-state index contributed by atoms with van der Waals surface area (Å²) in [7, 11) is 0. The van der Waals surface area contributed by atoms with Crippen molar-refractivity contribution in [2.75, 3.05) is 10.6 Å². The number of aromatic amines is 2. The number of imidazole rings is 2. The van der Waals surface area contributed by atoms with Gasteiger partial charge in [-0.1, -0.05) is 97.3 Å². The largest absolute Gasteiger partial charge is 0.359 e. The van der Waals surface area contributed by atoms with Crippen LogP contribution in [-0.4, -0.2) is 46.0 Å². The molecule has 0 atom stereocenters. The van der Waals surface area contributed by atoms with Crippen LogP contribution in [0.3, 0.4) is 0 Å². The van der Waals surface area contributed by atoms with Gasteiger partial charge in [0.2, 0.25) is 0 Å². The van der Waals surface area contributed by atoms with Gasteiger partial charge >= 0.3 is 0 Å². The number of carbonyl (C=O) groups excluding carboxylic acids is 2. The Morgan fingerprint density at radius 2 is 1.13 bits per heavy atom. The molecule has 302 valence electrons. The molecule has 0 aliphatic heterocycles. The molecule has 8 aromatic rings. The first-order valence-corrected chi connectivity index (χ1v) is 18.1. The van der Waals surface area contributed by atoms with Crippen LogP contribution in [0, 0.1) is 56.6 Å². The fourth-order valence-electron chi connectivity index (χ4n) is 6.59. The first kappa shape index (κ1) is 42.2. The molecule has 8 rings (SSSR count). The highest BCUT2D eigenvalue weighted by Crippen LogP contribution is 2.31. The number of nitrogens with zero attached hydrogens (tertiary/aromatic N) is 9. The number of pyridine rings is 1. The van der Waals surface area contributed by atoms with Crippen molar-refractivity contribution in [2.24, 2.45) is 0 Å². The fraction of sp³-hybridized carbons (Fsp3) is 0.0889. The summed E-state index contributed by atoms with van der Waals surface area (Å²) in [5, 5.41) is 29.7. The highest BCUT2D eigenvalue weighted by Gasteiger charge is 2.27. The van der Waals surface area contributed by atoms with E-state index in [1.807, 2.05) is 67.6 Å². The summed E-state index contributed by atoms with van der Waals surface area (Å²) in [5.41, 5.74) is 3.20. The highest BCUT2D eigenvalue weighted by atomic mass is 16.2. The number of aromatic nitrogens is 7. The minimum atomic E-state index is -0.687. The number of carbonyl (C=O) groups is 2. The van der Waals surface area contributed by atoms with Gasteiger partial charge in [-0.05, 0) is 55.7 Å². The van der Waals surface area contributed by atoms with E-state index in [4.69, 9.17) is 13.1 Å². The second-order valence-corrected chi connectivity index (χ2v) is 13.3. The van der Waals surface area contributed by atoms with Crippen molar-refractivity contribution in [3.05, 3.63) is 180 Å². The van der Waals surface area contributed by atoms with Gasteiger partial charge in [0.1, 0.15) is 34.7 Å². The van der Waals surface area contributed by atoms with Crippen molar-refractivity contribution < 1.29 is 9.59 Å². The third kappa shape index (κ3) is 7.75. The summed E-state index contributed by atoms with van der Waals surface area (Å²) in [6, 6.07) is 28.7. The van der Waals surface area contributed by atoms with Gasteiger partial charge in [0.25, 0.3) is 45.6 Å². The monoisotopic (exact) mass is 819 g/mol. The molecular weight excluding hydrogens is 787 g/mol. The van der Waals surface area contributed by atoms with Crippen molar-refractivity contribution in [3.63, 3.8) is 0 Å². The number of fused-ring (bicyclic) bond motifs is 2. The Kier molecular flexibility index (Phi) is 12.0. The number of hydrogen-bond donors (Lipinski definition) is 4. The molecule has 0 fully saturated rings. The number of nitrogens with one attached hydrogen (secondary N) is 4. The van der Waals surface area contributed by atoms with Crippen LogP contribution in [0.25, 0.3) is 43.5 Å². The quantitative estimate of drug-likeness (QED) is 0.120. The van der Waals surface area contributed by atoms with E-state index in [0.29, 0.717) is 45.2 Å². The molecule has 3 aromatic carbocycles. The third-order valence-electron chi connectivity index (χ3n) is 9.38. The molecule has 0 radical (unpaired) electrons. The van der Waals surface area contributed by atoms with Gasteiger partial charge in [-0.3, -0.25) is 34.4 Å². The Hall–Kier alpha value is -9.45. The molecule has 0 aliphatic rings. The lowest BCUT2D eigenvalue weighted by Crippen LogP contribution is -2.26. The van der Waals surface area contributed by atoms with Crippen LogP contribution in [0.5, 0.6) is 0 Å². The normalized spacial score (nSPS) is 10.2. The van der Waals surface area contributed by atoms with Crippen molar-refractivity contribution in [1.29, 1.82) is 10.5 Å². The van der Waals surface area contributed by atoms with Crippen molar-refractivity contribution in [2.45, 2.75) is 28.2 Å². The molecule has 0 unspecified atom stereocenters. The molecule has 62 heavy (non-hydrogen) atoms. The maximum absolute atomic E-state index is 13.2. The summed E-state index contributed by atoms with van der Waals surface area (Å²) < 4.78 is 2.86. The lowest BCUT2D eigenvalue weighted by atomic mass is 10.1. The van der Waals surface area contributed by atoms with Gasteiger partial charge in [0, 0.05) is 23.8 Å². The van der Waals surface area contributed by atoms with Gasteiger partial charge in [0.05, 0.1) is 22.5 Å². The van der Waals surface area contributed by atoms with E-state index in [1.165, 1.54) is 27.5 Å². The number of H-pyrrole nitrogens is 2. The standard InChI is InChI=1S/C23H16N6O2.C21H13N7O2.CH4/c1-13-9-10-17(16(11-13)12-24)26-23(31)18-14(2)28-29-19(15-7-5-4-6-8-15)21(25-3)27-22(29)20(18)30;1-12-16(21(30)25-15-8-9-24-11-14(15)10-22)18(29)20-26-19(23-2)17(28(20)27-12)13-6-4-3-5-7-13;/h4-11,28H,1-2H3,(H,26,31);3-9,11,27H,1H3,(H,24,25,30);1H4. The average molecular weight is 820 g/mol. The SMILES string of the molecule is C.[C-]#[N+]c1nc2c(=O)c(C(=O)Nc3ccc(C)cc3C#N)c(C)[nH]n2c1-c1ccccc1.[C-]#[N+]c1nc2c(=O)c(C(=O)Nc3ccncc3C#N)c(C)[nH]n2c1-c1ccccc1. The molecule has 5 heterocycles. The maximum atomic E-state index is 13.2. The Morgan fingerprint density at radius 1 is 0.677 bits per heavy atom. The van der Waals surface area contributed by atoms with Gasteiger partial charge in [-0.2, -0.15) is 10.5 Å². The van der Waals surface area contributed by atoms with E-state index >= 15 is 0 Å². The fourth-order valence-corrected chi connectivity index (χ4v) is 6.59. The lowest BCUT2D eigenvalue weighted by molar-refractivity contribution is 0.101. The molecule has 0 bridgehead atoms. The molecule has 4 N–H and O–H groups in total. The van der Waals surface area contributed by atoms with Crippen LogP contribution < -0.4 is 21.5 Å². The number of amides is 2. The second kappa shape index (κ2) is 17.6. The van der Waals surface area contributed by atoms with Crippen LogP contribution in [0.2, 0.25) is 0 Å². The summed E-state index contributed by atoms with van der Waals surface area (Å²) in [5.74, 6) is -1.24. The van der Waals surface area contributed by atoms with Gasteiger partial charge in [-0.15, -0.1) is 0 Å². The van der Waals surface area contributed by atoms with E-state index in [0.717, 1.165) is 5.56 Å².